The second-order valence-corrected chi connectivity index (χ2v) is 3.67. The second kappa shape index (κ2) is 6.55. The third-order valence-corrected chi connectivity index (χ3v) is 2.17. The van der Waals surface area contributed by atoms with Gasteiger partial charge in [-0.05, 0) is 24.6 Å². The van der Waals surface area contributed by atoms with Crippen molar-refractivity contribution < 1.29 is 19.1 Å². The molecule has 18 heavy (non-hydrogen) atoms. The highest BCUT2D eigenvalue weighted by molar-refractivity contribution is 5.79. The smallest absolute Gasteiger partial charge is 0.320 e. The first-order chi connectivity index (χ1) is 8.49. The van der Waals surface area contributed by atoms with Gasteiger partial charge in [0.2, 0.25) is 5.91 Å². The zero-order chi connectivity index (χ0) is 13.5. The van der Waals surface area contributed by atoms with Crippen LogP contribution in [0, 0.1) is 5.82 Å². The molecule has 0 saturated carbocycles. The van der Waals surface area contributed by atoms with Crippen LogP contribution in [0.2, 0.25) is 0 Å². The topological polar surface area (TPSA) is 104 Å². The summed E-state index contributed by atoms with van der Waals surface area (Å²) in [6.07, 6.45) is 0.00177. The maximum Gasteiger partial charge on any atom is 0.320 e. The number of nitrogens with one attached hydrogen (secondary N) is 2. The molecule has 0 heterocycles. The zero-order valence-corrected chi connectivity index (χ0v) is 9.52. The van der Waals surface area contributed by atoms with Crippen LogP contribution in [0.5, 0.6) is 0 Å². The predicted octanol–water partition coefficient (Wildman–Crippen LogP) is 0.461. The van der Waals surface area contributed by atoms with E-state index >= 15 is 0 Å². The van der Waals surface area contributed by atoms with Crippen molar-refractivity contribution in [3.8, 4) is 0 Å². The van der Waals surface area contributed by atoms with E-state index in [9.17, 15) is 14.0 Å². The zero-order valence-electron chi connectivity index (χ0n) is 9.52. The van der Waals surface area contributed by atoms with Crippen LogP contribution in [-0.4, -0.2) is 23.0 Å². The summed E-state index contributed by atoms with van der Waals surface area (Å²) in [7, 11) is 0. The Bertz CT molecular complexity index is 439. The van der Waals surface area contributed by atoms with Gasteiger partial charge in [-0.3, -0.25) is 20.4 Å². The summed E-state index contributed by atoms with van der Waals surface area (Å²) >= 11 is 0. The molecule has 1 atom stereocenters. The van der Waals surface area contributed by atoms with Crippen LogP contribution in [-0.2, 0) is 9.59 Å². The summed E-state index contributed by atoms with van der Waals surface area (Å²) in [5.74, 6) is -2.00. The van der Waals surface area contributed by atoms with E-state index in [0.717, 1.165) is 0 Å². The number of halogens is 1. The molecule has 0 aromatic heterocycles. The fourth-order valence-corrected chi connectivity index (χ4v) is 1.18. The molecule has 1 rings (SSSR count). The maximum atomic E-state index is 12.8. The number of rotatable bonds is 6. The second-order valence-electron chi connectivity index (χ2n) is 3.67. The highest BCUT2D eigenvalue weighted by Gasteiger charge is 2.13. The SMILES string of the molecule is N[C@@H](CCC(=O)NNc1cccc(F)c1)C(=O)O. The quantitative estimate of drug-likeness (QED) is 0.553. The number of benzene rings is 1. The minimum atomic E-state index is -1.15. The van der Waals surface area contributed by atoms with Gasteiger partial charge in [0.15, 0.2) is 0 Å². The lowest BCUT2D eigenvalue weighted by molar-refractivity contribution is -0.138. The Morgan fingerprint density at radius 1 is 1.44 bits per heavy atom. The molecule has 7 heteroatoms. The van der Waals surface area contributed by atoms with Gasteiger partial charge in [-0.25, -0.2) is 4.39 Å². The number of aliphatic carboxylic acids is 1. The monoisotopic (exact) mass is 255 g/mol. The summed E-state index contributed by atoms with van der Waals surface area (Å²) in [6, 6.07) is 4.49. The number of nitrogens with two attached hydrogens (primary N) is 1. The predicted molar refractivity (Wildman–Crippen MR) is 63.0 cm³/mol. The number of hydrogen-bond acceptors (Lipinski definition) is 4. The van der Waals surface area contributed by atoms with Gasteiger partial charge in [-0.2, -0.15) is 0 Å². The molecular formula is C11H14FN3O3. The van der Waals surface area contributed by atoms with Crippen molar-refractivity contribution in [2.24, 2.45) is 5.73 Å². The number of anilines is 1. The van der Waals surface area contributed by atoms with Crippen molar-refractivity contribution in [1.29, 1.82) is 0 Å². The Balaban J connectivity index is 2.31. The first-order valence-electron chi connectivity index (χ1n) is 5.28. The molecule has 0 spiro atoms. The molecule has 5 N–H and O–H groups in total. The molecule has 0 radical (unpaired) electrons. The van der Waals surface area contributed by atoms with Crippen molar-refractivity contribution in [3.63, 3.8) is 0 Å². The van der Waals surface area contributed by atoms with Gasteiger partial charge in [-0.1, -0.05) is 6.07 Å². The Kier molecular flexibility index (Phi) is 5.06. The van der Waals surface area contributed by atoms with Gasteiger partial charge in [-0.15, -0.1) is 0 Å². The third-order valence-electron chi connectivity index (χ3n) is 2.17. The van der Waals surface area contributed by atoms with E-state index in [0.29, 0.717) is 5.69 Å². The summed E-state index contributed by atoms with van der Waals surface area (Å²) in [4.78, 5) is 21.7. The molecule has 1 amide bonds. The highest BCUT2D eigenvalue weighted by atomic mass is 19.1. The standard InChI is InChI=1S/C11H14FN3O3/c12-7-2-1-3-8(6-7)14-15-10(16)5-4-9(13)11(17)18/h1-3,6,9,14H,4-5,13H2,(H,15,16)(H,17,18)/t9-/m0/s1. The Hall–Kier alpha value is -2.15. The molecule has 1 aromatic carbocycles. The van der Waals surface area contributed by atoms with Crippen LogP contribution in [0.4, 0.5) is 10.1 Å². The van der Waals surface area contributed by atoms with Crippen molar-refractivity contribution >= 4 is 17.6 Å². The average Bonchev–Trinajstić information content (AvgIpc) is 2.33. The van der Waals surface area contributed by atoms with Gasteiger partial charge in [0.25, 0.3) is 0 Å². The van der Waals surface area contributed by atoms with Gasteiger partial charge >= 0.3 is 5.97 Å². The van der Waals surface area contributed by atoms with Crippen molar-refractivity contribution in [2.45, 2.75) is 18.9 Å². The molecule has 0 unspecified atom stereocenters. The van der Waals surface area contributed by atoms with E-state index in [1.807, 2.05) is 0 Å². The lowest BCUT2D eigenvalue weighted by Crippen LogP contribution is -2.34. The molecule has 98 valence electrons. The lowest BCUT2D eigenvalue weighted by atomic mass is 10.2. The molecule has 0 aliphatic heterocycles. The van der Waals surface area contributed by atoms with Gasteiger partial charge < -0.3 is 10.8 Å². The molecule has 0 fully saturated rings. The van der Waals surface area contributed by atoms with Crippen LogP contribution in [0.1, 0.15) is 12.8 Å². The van der Waals surface area contributed by atoms with E-state index in [1.165, 1.54) is 18.2 Å². The summed E-state index contributed by atoms with van der Waals surface area (Å²) in [5.41, 5.74) is 10.5. The van der Waals surface area contributed by atoms with E-state index in [4.69, 9.17) is 10.8 Å². The first kappa shape index (κ1) is 13.9. The number of carbonyl (C=O) groups excluding carboxylic acids is 1. The maximum absolute atomic E-state index is 12.8. The summed E-state index contributed by atoms with van der Waals surface area (Å²) in [5, 5.41) is 8.52. The minimum Gasteiger partial charge on any atom is -0.480 e. The fourth-order valence-electron chi connectivity index (χ4n) is 1.18. The van der Waals surface area contributed by atoms with Crippen molar-refractivity contribution in [3.05, 3.63) is 30.1 Å². The number of carbonyl (C=O) groups is 2. The number of hydrogen-bond donors (Lipinski definition) is 4. The first-order valence-corrected chi connectivity index (χ1v) is 5.28. The van der Waals surface area contributed by atoms with Crippen LogP contribution < -0.4 is 16.6 Å². The number of hydrazine groups is 1. The molecule has 0 saturated heterocycles. The van der Waals surface area contributed by atoms with Crippen LogP contribution in [0.15, 0.2) is 24.3 Å². The molecule has 0 bridgehead atoms. The van der Waals surface area contributed by atoms with E-state index in [1.54, 1.807) is 6.07 Å². The average molecular weight is 255 g/mol. The molecule has 6 nitrogen and oxygen atoms in total. The van der Waals surface area contributed by atoms with Crippen molar-refractivity contribution in [2.75, 3.05) is 5.43 Å². The summed E-state index contributed by atoms with van der Waals surface area (Å²) in [6.45, 7) is 0. The molecule has 0 aliphatic carbocycles. The highest BCUT2D eigenvalue weighted by Crippen LogP contribution is 2.07. The lowest BCUT2D eigenvalue weighted by Gasteiger charge is -2.09. The van der Waals surface area contributed by atoms with E-state index in [-0.39, 0.29) is 12.8 Å². The normalized spacial score (nSPS) is 11.7. The third kappa shape index (κ3) is 4.79. The molecule has 0 aliphatic rings. The van der Waals surface area contributed by atoms with Gasteiger partial charge in [0.1, 0.15) is 11.9 Å². The molecular weight excluding hydrogens is 241 g/mol. The number of carboxylic acid groups (broad SMARTS) is 1. The largest absolute Gasteiger partial charge is 0.480 e. The minimum absolute atomic E-state index is 0.0320. The summed E-state index contributed by atoms with van der Waals surface area (Å²) < 4.78 is 12.8. The molecule has 1 aromatic rings. The van der Waals surface area contributed by atoms with Crippen LogP contribution in [0.25, 0.3) is 0 Å². The van der Waals surface area contributed by atoms with Crippen LogP contribution in [0.3, 0.4) is 0 Å². The Morgan fingerprint density at radius 3 is 2.78 bits per heavy atom. The van der Waals surface area contributed by atoms with E-state index < -0.39 is 23.7 Å². The Morgan fingerprint density at radius 2 is 2.17 bits per heavy atom. The van der Waals surface area contributed by atoms with Gasteiger partial charge in [0, 0.05) is 6.42 Å². The van der Waals surface area contributed by atoms with Crippen molar-refractivity contribution in [1.82, 2.24) is 5.43 Å². The number of amides is 1. The van der Waals surface area contributed by atoms with E-state index in [2.05, 4.69) is 10.9 Å². The van der Waals surface area contributed by atoms with Gasteiger partial charge in [0.05, 0.1) is 5.69 Å². The fraction of sp³-hybridized carbons (Fsp3) is 0.273. The number of carboxylic acids is 1. The Labute approximate surface area is 103 Å². The van der Waals surface area contributed by atoms with Crippen LogP contribution >= 0.6 is 0 Å².